The Morgan fingerprint density at radius 3 is 2.27 bits per heavy atom. The van der Waals surface area contributed by atoms with Crippen LogP contribution in [0.15, 0.2) is 0 Å². The lowest BCUT2D eigenvalue weighted by Gasteiger charge is -2.32. The second-order valence-electron chi connectivity index (χ2n) is 12.7. The number of carbonyl (C=O) groups excluding carboxylic acids is 5. The molecular formula is C27H46N6O8. The fraction of sp³-hybridized carbons (Fsp3) is 0.815. The van der Waals surface area contributed by atoms with Crippen molar-refractivity contribution in [2.75, 3.05) is 32.8 Å². The summed E-state index contributed by atoms with van der Waals surface area (Å²) in [6.07, 6.45) is 2.01. The number of urea groups is 1. The topological polar surface area (TPSA) is 150 Å². The number of likely N-dealkylation sites (tertiary alicyclic amines) is 1. The third-order valence-electron chi connectivity index (χ3n) is 6.88. The SMILES string of the molecule is CCCCON1C(=O)N2C[C@@H]1CC[C@H]2C(=O)NNC(=O)CN(C(=O)OC(C)(C)C)[C@H]1CCN(C(=O)OC(C)(C)C)C1. The number of piperidine rings is 1. The highest BCUT2D eigenvalue weighted by Gasteiger charge is 2.48. The summed E-state index contributed by atoms with van der Waals surface area (Å²) in [7, 11) is 0. The molecule has 14 heteroatoms. The smallest absolute Gasteiger partial charge is 0.411 e. The number of fused-ring (bicyclic) bond motifs is 2. The molecule has 0 radical (unpaired) electrons. The van der Waals surface area contributed by atoms with Crippen molar-refractivity contribution in [3.05, 3.63) is 0 Å². The number of hydrogen-bond donors (Lipinski definition) is 2. The van der Waals surface area contributed by atoms with Crippen molar-refractivity contribution in [1.29, 1.82) is 0 Å². The molecule has 2 N–H and O–H groups in total. The minimum absolute atomic E-state index is 0.105. The number of hydroxylamine groups is 2. The molecule has 3 fully saturated rings. The van der Waals surface area contributed by atoms with Gasteiger partial charge in [-0.2, -0.15) is 5.06 Å². The van der Waals surface area contributed by atoms with E-state index in [-0.39, 0.29) is 18.6 Å². The molecule has 3 aliphatic rings. The van der Waals surface area contributed by atoms with E-state index in [0.29, 0.717) is 39.0 Å². The highest BCUT2D eigenvalue weighted by Crippen LogP contribution is 2.30. The molecule has 3 rings (SSSR count). The predicted molar refractivity (Wildman–Crippen MR) is 147 cm³/mol. The number of rotatable bonds is 8. The van der Waals surface area contributed by atoms with E-state index in [1.807, 2.05) is 6.92 Å². The fourth-order valence-electron chi connectivity index (χ4n) is 4.94. The summed E-state index contributed by atoms with van der Waals surface area (Å²) >= 11 is 0. The third-order valence-corrected chi connectivity index (χ3v) is 6.88. The van der Waals surface area contributed by atoms with Gasteiger partial charge in [-0.3, -0.25) is 30.2 Å². The molecule has 0 aromatic heterocycles. The highest BCUT2D eigenvalue weighted by atomic mass is 16.7. The summed E-state index contributed by atoms with van der Waals surface area (Å²) < 4.78 is 11.0. The number of hydrazine groups is 1. The van der Waals surface area contributed by atoms with Gasteiger partial charge in [0.1, 0.15) is 23.8 Å². The Bertz CT molecular complexity index is 993. The van der Waals surface area contributed by atoms with Crippen LogP contribution in [0.5, 0.6) is 0 Å². The molecule has 3 heterocycles. The van der Waals surface area contributed by atoms with Crippen molar-refractivity contribution in [1.82, 2.24) is 30.6 Å². The minimum Gasteiger partial charge on any atom is -0.444 e. The molecule has 0 aromatic carbocycles. The van der Waals surface area contributed by atoms with Crippen molar-refractivity contribution >= 4 is 30.0 Å². The average Bonchev–Trinajstić information content (AvgIpc) is 3.44. The van der Waals surface area contributed by atoms with E-state index in [9.17, 15) is 24.0 Å². The minimum atomic E-state index is -0.807. The zero-order chi connectivity index (χ0) is 30.5. The monoisotopic (exact) mass is 582 g/mol. The van der Waals surface area contributed by atoms with Gasteiger partial charge in [-0.15, -0.1) is 0 Å². The standard InChI is InChI=1S/C27H46N6O8/c1-8-9-14-39-33-19-10-11-20(32(16-19)23(33)36)22(35)29-28-21(34)17-31(25(38)41-27(5,6)7)18-12-13-30(15-18)24(37)40-26(2,3)4/h18-20H,8-17H2,1-7H3,(H,28,34)(H,29,35)/t18-,19-,20-/m0/s1. The van der Waals surface area contributed by atoms with Crippen LogP contribution in [0.3, 0.4) is 0 Å². The van der Waals surface area contributed by atoms with Gasteiger partial charge in [0.2, 0.25) is 0 Å². The molecule has 3 atom stereocenters. The maximum atomic E-state index is 13.1. The van der Waals surface area contributed by atoms with Crippen LogP contribution in [0.2, 0.25) is 0 Å². The Labute approximate surface area is 241 Å². The van der Waals surface area contributed by atoms with Gasteiger partial charge in [0, 0.05) is 19.6 Å². The summed E-state index contributed by atoms with van der Waals surface area (Å²) in [5.41, 5.74) is 3.29. The van der Waals surface area contributed by atoms with E-state index in [1.54, 1.807) is 41.5 Å². The van der Waals surface area contributed by atoms with Crippen LogP contribution in [-0.2, 0) is 23.9 Å². The Kier molecular flexibility index (Phi) is 10.3. The molecule has 0 aliphatic carbocycles. The normalized spacial score (nSPS) is 22.5. The molecule has 0 unspecified atom stereocenters. The zero-order valence-electron chi connectivity index (χ0n) is 25.4. The molecule has 0 saturated carbocycles. The quantitative estimate of drug-likeness (QED) is 0.327. The van der Waals surface area contributed by atoms with Crippen LogP contribution in [-0.4, -0.2) is 112 Å². The Hall–Kier alpha value is -3.29. The summed E-state index contributed by atoms with van der Waals surface area (Å²) in [5.74, 6) is -1.17. The van der Waals surface area contributed by atoms with Gasteiger partial charge >= 0.3 is 18.2 Å². The Morgan fingerprint density at radius 1 is 0.951 bits per heavy atom. The molecule has 0 aromatic rings. The average molecular weight is 583 g/mol. The van der Waals surface area contributed by atoms with E-state index in [1.165, 1.54) is 19.8 Å². The van der Waals surface area contributed by atoms with Gasteiger partial charge < -0.3 is 19.3 Å². The molecule has 2 bridgehead atoms. The van der Waals surface area contributed by atoms with Crippen LogP contribution >= 0.6 is 0 Å². The van der Waals surface area contributed by atoms with E-state index < -0.39 is 53.8 Å². The molecule has 0 spiro atoms. The summed E-state index contributed by atoms with van der Waals surface area (Å²) in [4.78, 5) is 74.2. The van der Waals surface area contributed by atoms with Crippen LogP contribution < -0.4 is 10.9 Å². The first kappa shape index (κ1) is 32.2. The summed E-state index contributed by atoms with van der Waals surface area (Å²) in [5, 5.41) is 1.36. The van der Waals surface area contributed by atoms with Crippen molar-refractivity contribution in [2.24, 2.45) is 0 Å². The van der Waals surface area contributed by atoms with Crippen LogP contribution in [0.1, 0.15) is 80.6 Å². The molecule has 6 amide bonds. The van der Waals surface area contributed by atoms with E-state index in [0.717, 1.165) is 12.8 Å². The van der Waals surface area contributed by atoms with Crippen LogP contribution in [0.4, 0.5) is 14.4 Å². The van der Waals surface area contributed by atoms with E-state index >= 15 is 0 Å². The summed E-state index contributed by atoms with van der Waals surface area (Å²) in [6, 6.07) is -1.71. The lowest BCUT2D eigenvalue weighted by atomic mass is 10.0. The van der Waals surface area contributed by atoms with Gasteiger partial charge in [0.25, 0.3) is 11.8 Å². The van der Waals surface area contributed by atoms with Gasteiger partial charge in [0.15, 0.2) is 0 Å². The Morgan fingerprint density at radius 2 is 1.63 bits per heavy atom. The maximum absolute atomic E-state index is 13.1. The lowest BCUT2D eigenvalue weighted by molar-refractivity contribution is -0.133. The van der Waals surface area contributed by atoms with Gasteiger partial charge in [-0.05, 0) is 67.2 Å². The van der Waals surface area contributed by atoms with E-state index in [2.05, 4.69) is 10.9 Å². The maximum Gasteiger partial charge on any atom is 0.411 e. The number of carbonyl (C=O) groups is 5. The lowest BCUT2D eigenvalue weighted by Crippen LogP contribution is -2.56. The number of unbranched alkanes of at least 4 members (excludes halogenated alkanes) is 1. The van der Waals surface area contributed by atoms with E-state index in [4.69, 9.17) is 14.3 Å². The number of ether oxygens (including phenoxy) is 2. The zero-order valence-corrected chi connectivity index (χ0v) is 25.4. The summed E-state index contributed by atoms with van der Waals surface area (Å²) in [6.45, 7) is 13.4. The first-order valence-electron chi connectivity index (χ1n) is 14.4. The number of nitrogens with zero attached hydrogens (tertiary/aromatic N) is 4. The van der Waals surface area contributed by atoms with Gasteiger partial charge in [0.05, 0.1) is 18.7 Å². The molecule has 3 aliphatic heterocycles. The third kappa shape index (κ3) is 8.85. The highest BCUT2D eigenvalue weighted by molar-refractivity contribution is 5.90. The second kappa shape index (κ2) is 13.1. The number of amides is 6. The second-order valence-corrected chi connectivity index (χ2v) is 12.7. The van der Waals surface area contributed by atoms with Crippen molar-refractivity contribution in [3.8, 4) is 0 Å². The largest absolute Gasteiger partial charge is 0.444 e. The first-order valence-corrected chi connectivity index (χ1v) is 14.4. The van der Waals surface area contributed by atoms with Crippen LogP contribution in [0.25, 0.3) is 0 Å². The van der Waals surface area contributed by atoms with Gasteiger partial charge in [-0.25, -0.2) is 14.4 Å². The van der Waals surface area contributed by atoms with Gasteiger partial charge in [-0.1, -0.05) is 13.3 Å². The molecule has 3 saturated heterocycles. The number of hydrogen-bond acceptors (Lipinski definition) is 8. The van der Waals surface area contributed by atoms with Crippen molar-refractivity contribution in [3.63, 3.8) is 0 Å². The first-order chi connectivity index (χ1) is 19.1. The van der Waals surface area contributed by atoms with Crippen LogP contribution in [0, 0.1) is 0 Å². The Balaban J connectivity index is 1.58. The predicted octanol–water partition coefficient (Wildman–Crippen LogP) is 2.38. The molecular weight excluding hydrogens is 536 g/mol. The number of nitrogens with one attached hydrogen (secondary N) is 2. The molecule has 41 heavy (non-hydrogen) atoms. The molecule has 232 valence electrons. The molecule has 14 nitrogen and oxygen atoms in total. The fourth-order valence-corrected chi connectivity index (χ4v) is 4.94. The van der Waals surface area contributed by atoms with Crippen molar-refractivity contribution < 1.29 is 38.3 Å². The van der Waals surface area contributed by atoms with Crippen molar-refractivity contribution in [2.45, 2.75) is 110 Å².